The van der Waals surface area contributed by atoms with Gasteiger partial charge in [-0.2, -0.15) is 12.7 Å². The lowest BCUT2D eigenvalue weighted by atomic mass is 10.0. The summed E-state index contributed by atoms with van der Waals surface area (Å²) >= 11 is 12.6. The second-order valence-electron chi connectivity index (χ2n) is 9.66. The van der Waals surface area contributed by atoms with Crippen molar-refractivity contribution in [1.82, 2.24) is 14.5 Å². The number of hydrogen-bond acceptors (Lipinski definition) is 4. The molecule has 3 aromatic rings. The number of rotatable bonds is 11. The molecule has 214 valence electrons. The first-order valence-corrected chi connectivity index (χ1v) is 14.8. The lowest BCUT2D eigenvalue weighted by Gasteiger charge is -2.34. The van der Waals surface area contributed by atoms with Crippen molar-refractivity contribution >= 4 is 50.9 Å². The zero-order chi connectivity index (χ0) is 29.6. The average Bonchev–Trinajstić information content (AvgIpc) is 2.91. The van der Waals surface area contributed by atoms with E-state index in [2.05, 4.69) is 5.32 Å². The molecule has 3 aromatic carbocycles. The van der Waals surface area contributed by atoms with Crippen molar-refractivity contribution in [2.45, 2.75) is 32.9 Å². The van der Waals surface area contributed by atoms with Gasteiger partial charge in [0.05, 0.1) is 5.69 Å². The molecule has 8 nitrogen and oxygen atoms in total. The molecule has 2 amide bonds. The molecular weight excluding hydrogens is 571 g/mol. The molecule has 0 heterocycles. The van der Waals surface area contributed by atoms with Gasteiger partial charge in [0.1, 0.15) is 12.6 Å². The molecule has 0 bridgehead atoms. The fraction of sp³-hybridized carbons (Fsp3) is 0.310. The minimum Gasteiger partial charge on any atom is -0.357 e. The second-order valence-corrected chi connectivity index (χ2v) is 12.6. The Balaban J connectivity index is 2.13. The van der Waals surface area contributed by atoms with Gasteiger partial charge in [0.15, 0.2) is 0 Å². The maximum absolute atomic E-state index is 14.2. The Hall–Kier alpha value is -3.11. The molecule has 0 saturated carbocycles. The van der Waals surface area contributed by atoms with Crippen LogP contribution in [0.4, 0.5) is 5.69 Å². The van der Waals surface area contributed by atoms with Gasteiger partial charge in [0.2, 0.25) is 11.8 Å². The summed E-state index contributed by atoms with van der Waals surface area (Å²) in [6.07, 6.45) is 0.210. The van der Waals surface area contributed by atoms with Gasteiger partial charge in [-0.3, -0.25) is 9.59 Å². The third kappa shape index (κ3) is 7.54. The predicted octanol–water partition coefficient (Wildman–Crippen LogP) is 4.61. The molecule has 11 heteroatoms. The van der Waals surface area contributed by atoms with Crippen LogP contribution < -0.4 is 9.62 Å². The first-order valence-electron chi connectivity index (χ1n) is 12.6. The molecule has 3 rings (SSSR count). The third-order valence-corrected chi connectivity index (χ3v) is 8.92. The van der Waals surface area contributed by atoms with E-state index in [0.29, 0.717) is 26.9 Å². The van der Waals surface area contributed by atoms with Crippen LogP contribution in [0.5, 0.6) is 0 Å². The molecule has 0 radical (unpaired) electrons. The number of carbonyl (C=O) groups is 2. The lowest BCUT2D eigenvalue weighted by molar-refractivity contribution is -0.139. The molecule has 0 spiro atoms. The Bertz CT molecular complexity index is 1470. The van der Waals surface area contributed by atoms with Crippen LogP contribution in [0.25, 0.3) is 0 Å². The van der Waals surface area contributed by atoms with E-state index in [0.717, 1.165) is 19.7 Å². The SMILES string of the molecule is CNC(=O)C(Cc1ccccc1)N(Cc1ccc(Cl)cc1Cl)C(=O)CN(c1cc(C)ccc1C)S(=O)(=O)N(C)C. The molecule has 0 aromatic heterocycles. The highest BCUT2D eigenvalue weighted by molar-refractivity contribution is 7.90. The Morgan fingerprint density at radius 3 is 2.23 bits per heavy atom. The summed E-state index contributed by atoms with van der Waals surface area (Å²) in [5.74, 6) is -0.960. The largest absolute Gasteiger partial charge is 0.357 e. The minimum atomic E-state index is -4.08. The summed E-state index contributed by atoms with van der Waals surface area (Å²) in [5, 5.41) is 3.41. The van der Waals surface area contributed by atoms with E-state index in [4.69, 9.17) is 23.2 Å². The topological polar surface area (TPSA) is 90.0 Å². The van der Waals surface area contributed by atoms with E-state index in [1.54, 1.807) is 37.3 Å². The molecule has 0 saturated heterocycles. The molecule has 0 aliphatic carbocycles. The number of hydrogen-bond donors (Lipinski definition) is 1. The molecule has 1 N–H and O–H groups in total. The van der Waals surface area contributed by atoms with Crippen LogP contribution in [-0.2, 0) is 32.8 Å². The van der Waals surface area contributed by atoms with Gasteiger partial charge >= 0.3 is 10.2 Å². The summed E-state index contributed by atoms with van der Waals surface area (Å²) in [6, 6.07) is 18.7. The quantitative estimate of drug-likeness (QED) is 0.346. The van der Waals surface area contributed by atoms with Gasteiger partial charge in [0.25, 0.3) is 0 Å². The zero-order valence-electron chi connectivity index (χ0n) is 23.2. The molecular formula is C29H34Cl2N4O4S. The van der Waals surface area contributed by atoms with Crippen molar-refractivity contribution in [1.29, 1.82) is 0 Å². The van der Waals surface area contributed by atoms with Crippen molar-refractivity contribution in [2.75, 3.05) is 32.0 Å². The fourth-order valence-corrected chi connectivity index (χ4v) is 5.83. The zero-order valence-corrected chi connectivity index (χ0v) is 25.5. The van der Waals surface area contributed by atoms with Crippen LogP contribution in [0.15, 0.2) is 66.7 Å². The van der Waals surface area contributed by atoms with Crippen LogP contribution in [0.2, 0.25) is 10.0 Å². The molecule has 0 fully saturated rings. The normalized spacial score (nSPS) is 12.2. The van der Waals surface area contributed by atoms with Gasteiger partial charge in [-0.05, 0) is 54.3 Å². The van der Waals surface area contributed by atoms with E-state index >= 15 is 0 Å². The number of nitrogens with zero attached hydrogens (tertiary/aromatic N) is 3. The minimum absolute atomic E-state index is 0.0393. The summed E-state index contributed by atoms with van der Waals surface area (Å²) < 4.78 is 29.2. The molecule has 40 heavy (non-hydrogen) atoms. The predicted molar refractivity (Wildman–Crippen MR) is 161 cm³/mol. The standard InChI is InChI=1S/C29H34Cl2N4O4S/c1-20-11-12-21(2)26(15-20)35(40(38,39)33(4)5)19-28(36)34(18-23-13-14-24(30)17-25(23)31)27(29(37)32-3)16-22-9-7-6-8-10-22/h6-15,17,27H,16,18-19H2,1-5H3,(H,32,37). The van der Waals surface area contributed by atoms with Crippen molar-refractivity contribution in [3.05, 3.63) is 99.0 Å². The first-order chi connectivity index (χ1) is 18.8. The molecule has 1 atom stereocenters. The summed E-state index contributed by atoms with van der Waals surface area (Å²) in [7, 11) is 0.233. The summed E-state index contributed by atoms with van der Waals surface area (Å²) in [4.78, 5) is 28.8. The monoisotopic (exact) mass is 604 g/mol. The Morgan fingerprint density at radius 2 is 1.62 bits per heavy atom. The van der Waals surface area contributed by atoms with Crippen molar-refractivity contribution in [3.8, 4) is 0 Å². The van der Waals surface area contributed by atoms with E-state index in [1.165, 1.54) is 26.0 Å². The van der Waals surface area contributed by atoms with Gasteiger partial charge in [-0.15, -0.1) is 0 Å². The van der Waals surface area contributed by atoms with E-state index in [-0.39, 0.29) is 13.0 Å². The van der Waals surface area contributed by atoms with Gasteiger partial charge < -0.3 is 10.2 Å². The van der Waals surface area contributed by atoms with E-state index in [9.17, 15) is 18.0 Å². The van der Waals surface area contributed by atoms with E-state index in [1.807, 2.05) is 43.3 Å². The van der Waals surface area contributed by atoms with Crippen molar-refractivity contribution in [2.24, 2.45) is 0 Å². The van der Waals surface area contributed by atoms with E-state index < -0.39 is 34.6 Å². The number of amides is 2. The second kappa shape index (κ2) is 13.5. The van der Waals surface area contributed by atoms with Crippen LogP contribution in [-0.4, -0.2) is 63.2 Å². The van der Waals surface area contributed by atoms with Gasteiger partial charge in [0, 0.05) is 44.2 Å². The fourth-order valence-electron chi connectivity index (χ4n) is 4.24. The Kier molecular flexibility index (Phi) is 10.6. The number of halogens is 2. The first kappa shape index (κ1) is 31.4. The van der Waals surface area contributed by atoms with Gasteiger partial charge in [-0.25, -0.2) is 4.31 Å². The summed E-state index contributed by atoms with van der Waals surface area (Å²) in [5.41, 5.74) is 3.30. The number of carbonyl (C=O) groups excluding carboxylic acids is 2. The van der Waals surface area contributed by atoms with Gasteiger partial charge in [-0.1, -0.05) is 71.7 Å². The highest BCUT2D eigenvalue weighted by Gasteiger charge is 2.35. The smallest absolute Gasteiger partial charge is 0.304 e. The number of anilines is 1. The van der Waals surface area contributed by atoms with Crippen molar-refractivity contribution in [3.63, 3.8) is 0 Å². The number of aryl methyl sites for hydroxylation is 2. The number of benzene rings is 3. The molecule has 1 unspecified atom stereocenters. The highest BCUT2D eigenvalue weighted by Crippen LogP contribution is 2.28. The number of nitrogens with one attached hydrogen (secondary N) is 1. The molecule has 0 aliphatic rings. The van der Waals surface area contributed by atoms with Crippen molar-refractivity contribution < 1.29 is 18.0 Å². The number of likely N-dealkylation sites (N-methyl/N-ethyl adjacent to an activating group) is 1. The van der Waals surface area contributed by atoms with Crippen LogP contribution in [0.1, 0.15) is 22.3 Å². The maximum Gasteiger partial charge on any atom is 0.304 e. The van der Waals surface area contributed by atoms with Crippen LogP contribution in [0.3, 0.4) is 0 Å². The average molecular weight is 606 g/mol. The maximum atomic E-state index is 14.2. The Morgan fingerprint density at radius 1 is 0.950 bits per heavy atom. The molecule has 0 aliphatic heterocycles. The van der Waals surface area contributed by atoms with Crippen LogP contribution >= 0.6 is 23.2 Å². The summed E-state index contributed by atoms with van der Waals surface area (Å²) in [6.45, 7) is 3.06. The Labute approximate surface area is 246 Å². The lowest BCUT2D eigenvalue weighted by Crippen LogP contribution is -2.54. The highest BCUT2D eigenvalue weighted by atomic mass is 35.5. The third-order valence-electron chi connectivity index (χ3n) is 6.53. The van der Waals surface area contributed by atoms with Crippen LogP contribution in [0, 0.1) is 13.8 Å².